The third-order valence-electron chi connectivity index (χ3n) is 5.68. The standard InChI is InChI=1S/C30H24N.ClHO4/c1-31-19-17-26(18-20-31)30-28(24-13-7-3-8-14-24)21-27(23-11-5-2-6-12-23)22-29(30)25-15-9-4-10-16-25;2-1(3,4)5/h2-22H,1H3;(H,2,3,4,5)/q+1;/p-1. The molecule has 5 aromatic rings. The number of aryl methyl sites for hydroxylation is 1. The Hall–Kier alpha value is -3.84. The van der Waals surface area contributed by atoms with E-state index < -0.39 is 10.2 Å². The maximum atomic E-state index is 8.49. The van der Waals surface area contributed by atoms with E-state index in [4.69, 9.17) is 18.6 Å². The summed E-state index contributed by atoms with van der Waals surface area (Å²) < 4.78 is 36.0. The molecule has 0 aliphatic heterocycles. The van der Waals surface area contributed by atoms with Crippen LogP contribution in [-0.2, 0) is 7.05 Å². The highest BCUT2D eigenvalue weighted by atomic mass is 35.7. The first-order valence-electron chi connectivity index (χ1n) is 11.2. The summed E-state index contributed by atoms with van der Waals surface area (Å²) in [6.45, 7) is 0. The molecule has 36 heavy (non-hydrogen) atoms. The van der Waals surface area contributed by atoms with Crippen molar-refractivity contribution in [2.45, 2.75) is 0 Å². The number of halogens is 1. The van der Waals surface area contributed by atoms with Crippen LogP contribution in [0.4, 0.5) is 0 Å². The predicted octanol–water partition coefficient (Wildman–Crippen LogP) is 2.42. The third-order valence-corrected chi connectivity index (χ3v) is 5.68. The fourth-order valence-corrected chi connectivity index (χ4v) is 4.11. The van der Waals surface area contributed by atoms with E-state index in [0.29, 0.717) is 0 Å². The Morgan fingerprint density at radius 3 is 1.22 bits per heavy atom. The molecule has 1 aromatic heterocycles. The van der Waals surface area contributed by atoms with Crippen molar-refractivity contribution >= 4 is 0 Å². The molecule has 0 saturated carbocycles. The SMILES string of the molecule is C[n+]1ccc(-c2c(-c3ccccc3)cc(-c3ccccc3)cc2-c2ccccc2)cc1.[O-][Cl+3]([O-])([O-])[O-]. The molecule has 0 saturated heterocycles. The van der Waals surface area contributed by atoms with Gasteiger partial charge in [0, 0.05) is 12.1 Å². The van der Waals surface area contributed by atoms with E-state index in [9.17, 15) is 0 Å². The van der Waals surface area contributed by atoms with Gasteiger partial charge in [0.25, 0.3) is 0 Å². The molecule has 5 nitrogen and oxygen atoms in total. The monoisotopic (exact) mass is 497 g/mol. The van der Waals surface area contributed by atoms with Gasteiger partial charge >= 0.3 is 0 Å². The third kappa shape index (κ3) is 6.64. The molecule has 4 aromatic carbocycles. The minimum atomic E-state index is -4.94. The molecule has 0 fully saturated rings. The summed E-state index contributed by atoms with van der Waals surface area (Å²) in [4.78, 5) is 0. The van der Waals surface area contributed by atoms with E-state index in [1.54, 1.807) is 0 Å². The lowest BCUT2D eigenvalue weighted by molar-refractivity contribution is -2.00. The van der Waals surface area contributed by atoms with Crippen molar-refractivity contribution in [3.63, 3.8) is 0 Å². The summed E-state index contributed by atoms with van der Waals surface area (Å²) in [5, 5.41) is 0. The highest BCUT2D eigenvalue weighted by molar-refractivity contribution is 5.97. The molecule has 0 atom stereocenters. The van der Waals surface area contributed by atoms with E-state index in [1.807, 2.05) is 0 Å². The fourth-order valence-electron chi connectivity index (χ4n) is 4.11. The van der Waals surface area contributed by atoms with E-state index in [2.05, 4.69) is 139 Å². The lowest BCUT2D eigenvalue weighted by Gasteiger charge is -2.18. The van der Waals surface area contributed by atoms with Gasteiger partial charge in [-0.25, -0.2) is 23.2 Å². The van der Waals surface area contributed by atoms with Crippen LogP contribution in [0.1, 0.15) is 0 Å². The summed E-state index contributed by atoms with van der Waals surface area (Å²) in [6.07, 6.45) is 4.23. The van der Waals surface area contributed by atoms with Crippen LogP contribution in [-0.4, -0.2) is 0 Å². The highest BCUT2D eigenvalue weighted by Gasteiger charge is 2.17. The average molecular weight is 498 g/mol. The summed E-state index contributed by atoms with van der Waals surface area (Å²) >= 11 is 0. The van der Waals surface area contributed by atoms with Crippen LogP contribution in [0.5, 0.6) is 0 Å². The minimum absolute atomic E-state index is 1.22. The normalized spacial score (nSPS) is 10.9. The molecule has 6 heteroatoms. The number of nitrogens with zero attached hydrogens (tertiary/aromatic N) is 1. The van der Waals surface area contributed by atoms with Gasteiger partial charge in [-0.3, -0.25) is 0 Å². The Bertz CT molecular complexity index is 1340. The Labute approximate surface area is 212 Å². The summed E-state index contributed by atoms with van der Waals surface area (Å²) in [7, 11) is -2.89. The second kappa shape index (κ2) is 11.3. The fraction of sp³-hybridized carbons (Fsp3) is 0.0333. The topological polar surface area (TPSA) is 96.1 Å². The van der Waals surface area contributed by atoms with Gasteiger partial charge in [-0.05, 0) is 56.6 Å². The summed E-state index contributed by atoms with van der Waals surface area (Å²) in [6, 6.07) is 41.1. The van der Waals surface area contributed by atoms with Crippen LogP contribution in [0.2, 0.25) is 0 Å². The van der Waals surface area contributed by atoms with Gasteiger partial charge < -0.3 is 0 Å². The molecule has 1 heterocycles. The number of benzene rings is 4. The minimum Gasteiger partial charge on any atom is -0.222 e. The second-order valence-electron chi connectivity index (χ2n) is 8.17. The number of hydrogen-bond acceptors (Lipinski definition) is 4. The van der Waals surface area contributed by atoms with Gasteiger partial charge in [0.1, 0.15) is 7.05 Å². The van der Waals surface area contributed by atoms with E-state index in [0.717, 1.165) is 0 Å². The van der Waals surface area contributed by atoms with Crippen molar-refractivity contribution in [3.8, 4) is 44.5 Å². The molecular formula is C30H24ClNO4. The zero-order chi connectivity index (χ0) is 25.5. The van der Waals surface area contributed by atoms with Crippen molar-refractivity contribution in [2.24, 2.45) is 7.05 Å². The molecule has 0 aliphatic rings. The molecule has 0 aliphatic carbocycles. The van der Waals surface area contributed by atoms with Crippen LogP contribution in [0.15, 0.2) is 128 Å². The molecule has 0 N–H and O–H groups in total. The van der Waals surface area contributed by atoms with Gasteiger partial charge in [-0.1, -0.05) is 91.0 Å². The van der Waals surface area contributed by atoms with Crippen molar-refractivity contribution in [2.75, 3.05) is 0 Å². The van der Waals surface area contributed by atoms with Crippen molar-refractivity contribution < 1.29 is 33.4 Å². The summed E-state index contributed by atoms with van der Waals surface area (Å²) in [5.41, 5.74) is 9.87. The van der Waals surface area contributed by atoms with Gasteiger partial charge in [0.15, 0.2) is 12.4 Å². The lowest BCUT2D eigenvalue weighted by Crippen LogP contribution is -2.68. The van der Waals surface area contributed by atoms with Gasteiger partial charge in [-0.15, -0.1) is 10.2 Å². The number of hydrogen-bond donors (Lipinski definition) is 0. The maximum Gasteiger partial charge on any atom is 0.169 e. The molecule has 0 radical (unpaired) electrons. The van der Waals surface area contributed by atoms with E-state index >= 15 is 0 Å². The van der Waals surface area contributed by atoms with Gasteiger partial charge in [-0.2, -0.15) is 0 Å². The van der Waals surface area contributed by atoms with E-state index in [-0.39, 0.29) is 0 Å². The molecule has 0 amide bonds. The zero-order valence-electron chi connectivity index (χ0n) is 19.6. The van der Waals surface area contributed by atoms with Crippen LogP contribution in [0.25, 0.3) is 44.5 Å². The molecule has 0 bridgehead atoms. The second-order valence-corrected chi connectivity index (χ2v) is 8.93. The largest absolute Gasteiger partial charge is 0.222 e. The molecule has 5 rings (SSSR count). The first-order chi connectivity index (χ1) is 17.3. The highest BCUT2D eigenvalue weighted by Crippen LogP contribution is 2.42. The van der Waals surface area contributed by atoms with Crippen molar-refractivity contribution in [3.05, 3.63) is 128 Å². The average Bonchev–Trinajstić information content (AvgIpc) is 2.89. The molecule has 180 valence electrons. The first kappa shape index (κ1) is 25.3. The van der Waals surface area contributed by atoms with Crippen LogP contribution >= 0.6 is 0 Å². The first-order valence-corrected chi connectivity index (χ1v) is 12.4. The van der Waals surface area contributed by atoms with Crippen LogP contribution in [0, 0.1) is 10.2 Å². The number of aromatic nitrogens is 1. The molecule has 0 unspecified atom stereocenters. The van der Waals surface area contributed by atoms with Gasteiger partial charge in [0.2, 0.25) is 0 Å². The Kier molecular flexibility index (Phi) is 7.90. The maximum absolute atomic E-state index is 8.49. The zero-order valence-corrected chi connectivity index (χ0v) is 20.3. The number of pyridine rings is 1. The summed E-state index contributed by atoms with van der Waals surface area (Å²) in [5.74, 6) is 0. The Balaban J connectivity index is 0.000000556. The molecular weight excluding hydrogens is 474 g/mol. The van der Waals surface area contributed by atoms with E-state index in [1.165, 1.54) is 44.5 Å². The predicted molar refractivity (Wildman–Crippen MR) is 129 cm³/mol. The Morgan fingerprint density at radius 2 is 0.833 bits per heavy atom. The van der Waals surface area contributed by atoms with Crippen molar-refractivity contribution in [1.82, 2.24) is 0 Å². The van der Waals surface area contributed by atoms with Crippen LogP contribution in [0.3, 0.4) is 0 Å². The lowest BCUT2D eigenvalue weighted by atomic mass is 9.85. The Morgan fingerprint density at radius 1 is 0.472 bits per heavy atom. The number of rotatable bonds is 4. The quantitative estimate of drug-likeness (QED) is 0.356. The van der Waals surface area contributed by atoms with Gasteiger partial charge in [0.05, 0.1) is 0 Å². The van der Waals surface area contributed by atoms with Crippen molar-refractivity contribution in [1.29, 1.82) is 0 Å². The van der Waals surface area contributed by atoms with Crippen LogP contribution < -0.4 is 23.2 Å². The smallest absolute Gasteiger partial charge is 0.169 e. The molecule has 0 spiro atoms.